The van der Waals surface area contributed by atoms with E-state index in [1.54, 1.807) is 0 Å². The highest BCUT2D eigenvalue weighted by atomic mass is 15.0. The molecular formula is C63H42N2. The number of fused-ring (bicyclic) bond motifs is 8. The maximum Gasteiger partial charge on any atom is 0.0713 e. The Morgan fingerprint density at radius 1 is 0.308 bits per heavy atom. The van der Waals surface area contributed by atoms with E-state index in [1.807, 2.05) is 0 Å². The van der Waals surface area contributed by atoms with Gasteiger partial charge in [-0.25, -0.2) is 0 Å². The van der Waals surface area contributed by atoms with Gasteiger partial charge in [0.15, 0.2) is 0 Å². The second-order valence-corrected chi connectivity index (χ2v) is 17.3. The molecule has 0 atom stereocenters. The molecule has 0 saturated heterocycles. The number of nitrogens with zero attached hydrogens (tertiary/aromatic N) is 1. The molecule has 0 bridgehead atoms. The standard InChI is InChI=1S/C63H42N2/c1-3-20-48(21-4-1)63(49-22-5-2-6-23-49)57-27-13-11-25-52(57)55-41-47(31-35-58(55)63)54-39-45(32-36-60(54)64-59-28-15-19-43-17-9-10-24-51(43)59)46-33-37-62-56(40-46)53-26-12-14-29-61(53)65(62)50-34-30-42-16-7-8-18-44(42)38-50/h1-41,64H. The van der Waals surface area contributed by atoms with Crippen LogP contribution in [0.2, 0.25) is 0 Å². The molecule has 11 aromatic carbocycles. The molecule has 0 spiro atoms. The lowest BCUT2D eigenvalue weighted by molar-refractivity contribution is 0.768. The van der Waals surface area contributed by atoms with Gasteiger partial charge in [0.1, 0.15) is 0 Å². The average molecular weight is 827 g/mol. The van der Waals surface area contributed by atoms with Gasteiger partial charge in [0, 0.05) is 38.8 Å². The van der Waals surface area contributed by atoms with Gasteiger partial charge in [-0.2, -0.15) is 0 Å². The van der Waals surface area contributed by atoms with Crippen molar-refractivity contribution in [2.24, 2.45) is 0 Å². The Balaban J connectivity index is 1.01. The zero-order chi connectivity index (χ0) is 42.9. The minimum atomic E-state index is -0.458. The Morgan fingerprint density at radius 3 is 1.74 bits per heavy atom. The van der Waals surface area contributed by atoms with Crippen LogP contribution >= 0.6 is 0 Å². The second-order valence-electron chi connectivity index (χ2n) is 17.3. The van der Waals surface area contributed by atoms with Crippen LogP contribution in [0, 0.1) is 0 Å². The Labute approximate surface area is 378 Å². The Kier molecular flexibility index (Phi) is 8.47. The molecule has 1 aromatic heterocycles. The minimum absolute atomic E-state index is 0.458. The fraction of sp³-hybridized carbons (Fsp3) is 0.0159. The van der Waals surface area contributed by atoms with Gasteiger partial charge in [0.25, 0.3) is 0 Å². The summed E-state index contributed by atoms with van der Waals surface area (Å²) in [6.45, 7) is 0. The molecule has 1 N–H and O–H groups in total. The van der Waals surface area contributed by atoms with Crippen LogP contribution in [0.4, 0.5) is 11.4 Å². The molecule has 2 heteroatoms. The van der Waals surface area contributed by atoms with E-state index in [0.717, 1.165) is 33.8 Å². The zero-order valence-electron chi connectivity index (χ0n) is 35.6. The van der Waals surface area contributed by atoms with Crippen molar-refractivity contribution in [3.8, 4) is 39.1 Å². The second kappa shape index (κ2) is 14.8. The zero-order valence-corrected chi connectivity index (χ0v) is 35.6. The highest BCUT2D eigenvalue weighted by molar-refractivity contribution is 6.11. The van der Waals surface area contributed by atoms with Crippen LogP contribution in [0.25, 0.3) is 82.4 Å². The number of anilines is 2. The number of para-hydroxylation sites is 1. The predicted molar refractivity (Wildman–Crippen MR) is 274 cm³/mol. The lowest BCUT2D eigenvalue weighted by Gasteiger charge is -2.33. The lowest BCUT2D eigenvalue weighted by atomic mass is 9.67. The first kappa shape index (κ1) is 37.1. The monoisotopic (exact) mass is 826 g/mol. The molecule has 0 unspecified atom stereocenters. The summed E-state index contributed by atoms with van der Waals surface area (Å²) in [5.41, 5.74) is 17.6. The maximum atomic E-state index is 3.93. The van der Waals surface area contributed by atoms with Gasteiger partial charge < -0.3 is 9.88 Å². The van der Waals surface area contributed by atoms with E-state index in [1.165, 1.54) is 82.3 Å². The van der Waals surface area contributed by atoms with Crippen LogP contribution in [0.15, 0.2) is 249 Å². The highest BCUT2D eigenvalue weighted by Gasteiger charge is 2.46. The topological polar surface area (TPSA) is 17.0 Å². The summed E-state index contributed by atoms with van der Waals surface area (Å²) in [6, 6.07) is 91.5. The summed E-state index contributed by atoms with van der Waals surface area (Å²) in [5, 5.41) is 11.3. The van der Waals surface area contributed by atoms with E-state index < -0.39 is 5.41 Å². The van der Waals surface area contributed by atoms with Crippen LogP contribution in [0.5, 0.6) is 0 Å². The molecule has 1 aliphatic rings. The number of rotatable bonds is 7. The summed E-state index contributed by atoms with van der Waals surface area (Å²) >= 11 is 0. The van der Waals surface area contributed by atoms with E-state index >= 15 is 0 Å². The van der Waals surface area contributed by atoms with Crippen molar-refractivity contribution in [3.05, 3.63) is 271 Å². The first-order chi connectivity index (χ1) is 32.2. The molecular weight excluding hydrogens is 785 g/mol. The Morgan fingerprint density at radius 2 is 0.908 bits per heavy atom. The van der Waals surface area contributed by atoms with Crippen molar-refractivity contribution in [1.29, 1.82) is 0 Å². The number of nitrogens with one attached hydrogen (secondary N) is 1. The van der Waals surface area contributed by atoms with Crippen molar-refractivity contribution in [1.82, 2.24) is 4.57 Å². The third-order valence-electron chi connectivity index (χ3n) is 13.8. The van der Waals surface area contributed by atoms with Gasteiger partial charge >= 0.3 is 0 Å². The number of aromatic nitrogens is 1. The van der Waals surface area contributed by atoms with Crippen molar-refractivity contribution in [3.63, 3.8) is 0 Å². The molecule has 0 amide bonds. The molecule has 0 saturated carbocycles. The van der Waals surface area contributed by atoms with E-state index in [2.05, 4.69) is 259 Å². The summed E-state index contributed by atoms with van der Waals surface area (Å²) in [5.74, 6) is 0. The van der Waals surface area contributed by atoms with Crippen LogP contribution in [0.3, 0.4) is 0 Å². The van der Waals surface area contributed by atoms with Crippen LogP contribution < -0.4 is 5.32 Å². The highest BCUT2D eigenvalue weighted by Crippen LogP contribution is 2.57. The molecule has 0 radical (unpaired) electrons. The van der Waals surface area contributed by atoms with Crippen LogP contribution in [0.1, 0.15) is 22.3 Å². The van der Waals surface area contributed by atoms with E-state index in [9.17, 15) is 0 Å². The van der Waals surface area contributed by atoms with Crippen molar-refractivity contribution < 1.29 is 0 Å². The van der Waals surface area contributed by atoms with Gasteiger partial charge in [0.2, 0.25) is 0 Å². The average Bonchev–Trinajstić information content (AvgIpc) is 3.87. The van der Waals surface area contributed by atoms with Crippen molar-refractivity contribution >= 4 is 54.7 Å². The number of hydrogen-bond acceptors (Lipinski definition) is 1. The summed E-state index contributed by atoms with van der Waals surface area (Å²) in [6.07, 6.45) is 0. The summed E-state index contributed by atoms with van der Waals surface area (Å²) < 4.78 is 2.41. The van der Waals surface area contributed by atoms with Gasteiger partial charge in [-0.1, -0.05) is 194 Å². The largest absolute Gasteiger partial charge is 0.355 e. The first-order valence-corrected chi connectivity index (χ1v) is 22.5. The molecule has 0 aliphatic heterocycles. The quantitative estimate of drug-likeness (QED) is 0.169. The molecule has 12 aromatic rings. The first-order valence-electron chi connectivity index (χ1n) is 22.5. The van der Waals surface area contributed by atoms with E-state index in [-0.39, 0.29) is 0 Å². The van der Waals surface area contributed by atoms with Crippen LogP contribution in [-0.4, -0.2) is 4.57 Å². The molecule has 13 rings (SSSR count). The van der Waals surface area contributed by atoms with E-state index in [4.69, 9.17) is 0 Å². The Bertz CT molecular complexity index is 3760. The Hall–Kier alpha value is -8.46. The normalized spacial score (nSPS) is 12.7. The third-order valence-corrected chi connectivity index (χ3v) is 13.8. The summed E-state index contributed by atoms with van der Waals surface area (Å²) in [7, 11) is 0. The third kappa shape index (κ3) is 5.81. The fourth-order valence-corrected chi connectivity index (χ4v) is 10.9. The number of hydrogen-bond donors (Lipinski definition) is 1. The molecule has 1 aliphatic carbocycles. The van der Waals surface area contributed by atoms with Gasteiger partial charge in [-0.3, -0.25) is 0 Å². The predicted octanol–water partition coefficient (Wildman–Crippen LogP) is 16.5. The van der Waals surface area contributed by atoms with Crippen molar-refractivity contribution in [2.75, 3.05) is 5.32 Å². The molecule has 2 nitrogen and oxygen atoms in total. The van der Waals surface area contributed by atoms with E-state index in [0.29, 0.717) is 0 Å². The minimum Gasteiger partial charge on any atom is -0.355 e. The smallest absolute Gasteiger partial charge is 0.0713 e. The fourth-order valence-electron chi connectivity index (χ4n) is 10.9. The molecule has 304 valence electrons. The van der Waals surface area contributed by atoms with Gasteiger partial charge in [0.05, 0.1) is 16.4 Å². The lowest BCUT2D eigenvalue weighted by Crippen LogP contribution is -2.28. The maximum absolute atomic E-state index is 3.93. The molecule has 1 heterocycles. The SMILES string of the molecule is c1ccc(C2(c3ccccc3)c3ccccc3-c3cc(-c4cc(-c5ccc6c(c5)c5ccccc5n6-c5ccc6ccccc6c5)ccc4Nc4cccc5ccccc45)ccc32)cc1. The van der Waals surface area contributed by atoms with Crippen LogP contribution in [-0.2, 0) is 5.41 Å². The van der Waals surface area contributed by atoms with Crippen molar-refractivity contribution in [2.45, 2.75) is 5.41 Å². The number of benzene rings is 11. The van der Waals surface area contributed by atoms with Gasteiger partial charge in [-0.05, 0) is 121 Å². The summed E-state index contributed by atoms with van der Waals surface area (Å²) in [4.78, 5) is 0. The molecule has 65 heavy (non-hydrogen) atoms. The molecule has 0 fully saturated rings. The van der Waals surface area contributed by atoms with Gasteiger partial charge in [-0.15, -0.1) is 0 Å².